The quantitative estimate of drug-likeness (QED) is 0.594. The number of hydrogen-bond donors (Lipinski definition) is 2. The van der Waals surface area contributed by atoms with Gasteiger partial charge < -0.3 is 9.72 Å². The van der Waals surface area contributed by atoms with Gasteiger partial charge in [-0.2, -0.15) is 5.10 Å². The van der Waals surface area contributed by atoms with Crippen LogP contribution in [0.3, 0.4) is 0 Å². The fourth-order valence-corrected chi connectivity index (χ4v) is 3.10. The molecule has 0 aliphatic heterocycles. The summed E-state index contributed by atoms with van der Waals surface area (Å²) in [7, 11) is 1.83. The summed E-state index contributed by atoms with van der Waals surface area (Å²) in [5.41, 5.74) is 4.60. The number of nitrogens with zero attached hydrogens (tertiary/aromatic N) is 3. The number of fused-ring (bicyclic) bond motifs is 2. The third-order valence-electron chi connectivity index (χ3n) is 4.31. The summed E-state index contributed by atoms with van der Waals surface area (Å²) in [6, 6.07) is 3.89. The van der Waals surface area contributed by atoms with Crippen molar-refractivity contribution in [2.24, 2.45) is 0 Å². The van der Waals surface area contributed by atoms with E-state index in [0.717, 1.165) is 33.5 Å². The maximum absolute atomic E-state index is 14.6. The average Bonchev–Trinajstić information content (AvgIpc) is 3.18. The van der Waals surface area contributed by atoms with Gasteiger partial charge in [-0.05, 0) is 42.7 Å². The van der Waals surface area contributed by atoms with Gasteiger partial charge >= 0.3 is 0 Å². The number of H-pyrrole nitrogens is 1. The third-order valence-corrected chi connectivity index (χ3v) is 4.31. The van der Waals surface area contributed by atoms with Gasteiger partial charge in [0.1, 0.15) is 17.3 Å². The summed E-state index contributed by atoms with van der Waals surface area (Å²) in [6.07, 6.45) is 5.62. The Kier molecular flexibility index (Phi) is 2.87. The lowest BCUT2D eigenvalue weighted by molar-refractivity contribution is 0.612. The van der Waals surface area contributed by atoms with Crippen molar-refractivity contribution in [3.63, 3.8) is 0 Å². The van der Waals surface area contributed by atoms with Crippen molar-refractivity contribution in [2.45, 2.75) is 13.8 Å². The number of hydrogen-bond acceptors (Lipinski definition) is 3. The lowest BCUT2D eigenvalue weighted by atomic mass is 9.95. The third kappa shape index (κ3) is 1.91. The van der Waals surface area contributed by atoms with Gasteiger partial charge in [0.2, 0.25) is 0 Å². The van der Waals surface area contributed by atoms with Crippen LogP contribution in [0.5, 0.6) is 0 Å². The zero-order chi connectivity index (χ0) is 16.1. The Morgan fingerprint density at radius 3 is 2.78 bits per heavy atom. The van der Waals surface area contributed by atoms with E-state index < -0.39 is 0 Å². The molecule has 0 amide bonds. The van der Waals surface area contributed by atoms with Crippen LogP contribution in [0.2, 0.25) is 0 Å². The second kappa shape index (κ2) is 4.81. The van der Waals surface area contributed by atoms with Gasteiger partial charge in [0.05, 0.1) is 17.9 Å². The van der Waals surface area contributed by atoms with Crippen LogP contribution in [-0.4, -0.2) is 26.6 Å². The lowest BCUT2D eigenvalue weighted by Gasteiger charge is -2.12. The molecule has 3 aromatic heterocycles. The second-order valence-corrected chi connectivity index (χ2v) is 5.66. The predicted molar refractivity (Wildman–Crippen MR) is 89.3 cm³/mol. The van der Waals surface area contributed by atoms with Crippen molar-refractivity contribution in [3.05, 3.63) is 47.7 Å². The number of aryl methyl sites for hydroxylation is 1. The number of halogens is 1. The highest BCUT2D eigenvalue weighted by Gasteiger charge is 2.17. The Morgan fingerprint density at radius 2 is 2.00 bits per heavy atom. The smallest absolute Gasteiger partial charge is 0.145 e. The molecular formula is C17H16FN5. The fraction of sp³-hybridized carbons (Fsp3) is 0.176. The Hall–Kier alpha value is -2.89. The van der Waals surface area contributed by atoms with Crippen LogP contribution >= 0.6 is 0 Å². The largest absolute Gasteiger partial charge is 0.372 e. The minimum absolute atomic E-state index is 0.196. The first kappa shape index (κ1) is 13.8. The normalized spacial score (nSPS) is 11.5. The van der Waals surface area contributed by atoms with Gasteiger partial charge in [0.15, 0.2) is 0 Å². The molecule has 0 saturated carbocycles. The Labute approximate surface area is 132 Å². The van der Waals surface area contributed by atoms with Gasteiger partial charge in [-0.25, -0.2) is 9.37 Å². The van der Waals surface area contributed by atoms with Crippen LogP contribution in [0.25, 0.3) is 27.7 Å². The number of imidazole rings is 1. The minimum Gasteiger partial charge on any atom is -0.372 e. The molecule has 4 rings (SSSR count). The van der Waals surface area contributed by atoms with E-state index in [1.54, 1.807) is 20.0 Å². The van der Waals surface area contributed by atoms with E-state index in [4.69, 9.17) is 0 Å². The molecule has 4 aromatic rings. The first-order valence-electron chi connectivity index (χ1n) is 7.38. The number of nitrogens with one attached hydrogen (secondary N) is 2. The van der Waals surface area contributed by atoms with Gasteiger partial charge in [0, 0.05) is 24.2 Å². The number of aromatic nitrogens is 4. The molecule has 0 aliphatic carbocycles. The molecule has 0 bridgehead atoms. The molecule has 5 nitrogen and oxygen atoms in total. The Balaban J connectivity index is 2.03. The van der Waals surface area contributed by atoms with E-state index in [-0.39, 0.29) is 5.82 Å². The molecule has 1 aromatic carbocycles. The van der Waals surface area contributed by atoms with Crippen LogP contribution in [0.1, 0.15) is 11.1 Å². The molecular weight excluding hydrogens is 293 g/mol. The predicted octanol–water partition coefficient (Wildman–Crippen LogP) is 3.68. The summed E-state index contributed by atoms with van der Waals surface area (Å²) in [6.45, 7) is 3.58. The molecule has 0 atom stereocenters. The first-order chi connectivity index (χ1) is 11.1. The molecule has 0 unspecified atom stereocenters. The van der Waals surface area contributed by atoms with E-state index in [1.165, 1.54) is 0 Å². The molecule has 0 aliphatic rings. The van der Waals surface area contributed by atoms with Crippen molar-refractivity contribution in [1.29, 1.82) is 0 Å². The highest BCUT2D eigenvalue weighted by Crippen LogP contribution is 2.35. The molecule has 0 saturated heterocycles. The van der Waals surface area contributed by atoms with E-state index >= 15 is 0 Å². The fourth-order valence-electron chi connectivity index (χ4n) is 3.10. The van der Waals surface area contributed by atoms with E-state index in [2.05, 4.69) is 20.5 Å². The van der Waals surface area contributed by atoms with E-state index in [0.29, 0.717) is 11.1 Å². The summed E-state index contributed by atoms with van der Waals surface area (Å²) in [5.74, 6) is 0.598. The molecule has 0 radical (unpaired) electrons. The maximum Gasteiger partial charge on any atom is 0.145 e. The lowest BCUT2D eigenvalue weighted by Crippen LogP contribution is -1.96. The molecule has 0 spiro atoms. The van der Waals surface area contributed by atoms with Crippen LogP contribution in [0.4, 0.5) is 10.2 Å². The second-order valence-electron chi connectivity index (χ2n) is 5.66. The zero-order valence-corrected chi connectivity index (χ0v) is 13.1. The standard InChI is InChI=1S/C17H16FN5/c1-9-15(12-6-20-22-17(12)10(2)16(9)18)11-4-5-14-21-13(19-3)8-23(14)7-11/h4-8,19H,1-3H3,(H,20,22). The number of rotatable bonds is 2. The van der Waals surface area contributed by atoms with Gasteiger partial charge in [0.25, 0.3) is 0 Å². The average molecular weight is 309 g/mol. The SMILES string of the molecule is CNc1cn2cc(-c3c(C)c(F)c(C)c4[nH]ncc34)ccc2n1. The summed E-state index contributed by atoms with van der Waals surface area (Å²) < 4.78 is 16.5. The molecule has 2 N–H and O–H groups in total. The highest BCUT2D eigenvalue weighted by molar-refractivity contribution is 5.98. The van der Waals surface area contributed by atoms with Crippen molar-refractivity contribution < 1.29 is 4.39 Å². The van der Waals surface area contributed by atoms with Crippen LogP contribution in [0.15, 0.2) is 30.7 Å². The van der Waals surface area contributed by atoms with Crippen LogP contribution < -0.4 is 5.32 Å². The molecule has 0 fully saturated rings. The van der Waals surface area contributed by atoms with E-state index in [1.807, 2.05) is 36.0 Å². The van der Waals surface area contributed by atoms with Crippen molar-refractivity contribution in [1.82, 2.24) is 19.6 Å². The zero-order valence-electron chi connectivity index (χ0n) is 13.1. The highest BCUT2D eigenvalue weighted by atomic mass is 19.1. The molecule has 23 heavy (non-hydrogen) atoms. The summed E-state index contributed by atoms with van der Waals surface area (Å²) in [5, 5.41) is 10.9. The minimum atomic E-state index is -0.196. The van der Waals surface area contributed by atoms with Crippen molar-refractivity contribution >= 4 is 22.4 Å². The van der Waals surface area contributed by atoms with Gasteiger partial charge in [-0.15, -0.1) is 0 Å². The van der Waals surface area contributed by atoms with Crippen molar-refractivity contribution in [2.75, 3.05) is 12.4 Å². The Bertz CT molecular complexity index is 1040. The van der Waals surface area contributed by atoms with Gasteiger partial charge in [-0.3, -0.25) is 5.10 Å². The number of anilines is 1. The molecule has 116 valence electrons. The van der Waals surface area contributed by atoms with Crippen LogP contribution in [-0.2, 0) is 0 Å². The number of benzene rings is 1. The maximum atomic E-state index is 14.6. The molecule has 6 heteroatoms. The monoisotopic (exact) mass is 309 g/mol. The number of aromatic amines is 1. The first-order valence-corrected chi connectivity index (χ1v) is 7.38. The summed E-state index contributed by atoms with van der Waals surface area (Å²) in [4.78, 5) is 4.43. The van der Waals surface area contributed by atoms with Crippen molar-refractivity contribution in [3.8, 4) is 11.1 Å². The van der Waals surface area contributed by atoms with Crippen LogP contribution in [0, 0.1) is 19.7 Å². The molecule has 3 heterocycles. The topological polar surface area (TPSA) is 58.0 Å². The number of pyridine rings is 1. The van der Waals surface area contributed by atoms with Gasteiger partial charge in [-0.1, -0.05) is 0 Å². The summed E-state index contributed by atoms with van der Waals surface area (Å²) >= 11 is 0. The Morgan fingerprint density at radius 1 is 1.17 bits per heavy atom. The van der Waals surface area contributed by atoms with E-state index in [9.17, 15) is 4.39 Å².